The van der Waals surface area contributed by atoms with Crippen LogP contribution >= 0.6 is 11.6 Å². The van der Waals surface area contributed by atoms with Crippen molar-refractivity contribution in [1.82, 2.24) is 0 Å². The first kappa shape index (κ1) is 15.3. The van der Waals surface area contributed by atoms with Crippen molar-refractivity contribution in [2.45, 2.75) is 6.54 Å². The molecule has 0 spiro atoms. The molecule has 0 aliphatic heterocycles. The lowest BCUT2D eigenvalue weighted by Gasteiger charge is -2.08. The van der Waals surface area contributed by atoms with E-state index in [0.29, 0.717) is 17.7 Å². The van der Waals surface area contributed by atoms with Gasteiger partial charge in [0.1, 0.15) is 0 Å². The third kappa shape index (κ3) is 3.99. The number of rotatable bonds is 5. The second-order valence-electron chi connectivity index (χ2n) is 5.26. The van der Waals surface area contributed by atoms with Crippen LogP contribution in [0, 0.1) is 0 Å². The highest BCUT2D eigenvalue weighted by molar-refractivity contribution is 6.30. The number of hydrogen-bond donors (Lipinski definition) is 1. The molecule has 0 saturated carbocycles. The molecule has 0 heterocycles. The zero-order valence-corrected chi connectivity index (χ0v) is 13.3. The quantitative estimate of drug-likeness (QED) is 0.656. The third-order valence-electron chi connectivity index (χ3n) is 3.57. The molecule has 0 bridgehead atoms. The molecule has 3 aromatic rings. The zero-order chi connectivity index (χ0) is 16.1. The number of benzene rings is 3. The molecule has 0 aliphatic rings. The molecule has 1 N–H and O–H groups in total. The molecule has 0 saturated heterocycles. The molecule has 0 aromatic heterocycles. The van der Waals surface area contributed by atoms with Crippen molar-refractivity contribution < 1.29 is 4.79 Å². The van der Waals surface area contributed by atoms with Gasteiger partial charge in [0, 0.05) is 28.4 Å². The Bertz CT molecular complexity index is 797. The number of ketones is 1. The van der Waals surface area contributed by atoms with Crippen LogP contribution < -0.4 is 5.32 Å². The maximum Gasteiger partial charge on any atom is 0.193 e. The van der Waals surface area contributed by atoms with Crippen LogP contribution in [0.4, 0.5) is 5.69 Å². The number of carbonyl (C=O) groups is 1. The monoisotopic (exact) mass is 321 g/mol. The van der Waals surface area contributed by atoms with Gasteiger partial charge in [-0.25, -0.2) is 0 Å². The van der Waals surface area contributed by atoms with Gasteiger partial charge in [-0.05, 0) is 29.8 Å². The molecule has 3 rings (SSSR count). The lowest BCUT2D eigenvalue weighted by atomic mass is 10.0. The van der Waals surface area contributed by atoms with E-state index >= 15 is 0 Å². The van der Waals surface area contributed by atoms with E-state index in [1.54, 1.807) is 0 Å². The van der Waals surface area contributed by atoms with E-state index in [4.69, 9.17) is 11.6 Å². The van der Waals surface area contributed by atoms with Gasteiger partial charge in [0.2, 0.25) is 0 Å². The van der Waals surface area contributed by atoms with E-state index in [0.717, 1.165) is 16.3 Å². The van der Waals surface area contributed by atoms with Gasteiger partial charge in [-0.3, -0.25) is 4.79 Å². The van der Waals surface area contributed by atoms with Gasteiger partial charge in [-0.15, -0.1) is 0 Å². The number of anilines is 1. The number of nitrogens with one attached hydrogen (secondary N) is 1. The molecule has 2 nitrogen and oxygen atoms in total. The first-order valence-electron chi connectivity index (χ1n) is 7.40. The lowest BCUT2D eigenvalue weighted by Crippen LogP contribution is -2.03. The minimum atomic E-state index is 0.0285. The topological polar surface area (TPSA) is 29.1 Å². The van der Waals surface area contributed by atoms with Crippen molar-refractivity contribution in [3.05, 3.63) is 101 Å². The van der Waals surface area contributed by atoms with Crippen molar-refractivity contribution >= 4 is 23.1 Å². The van der Waals surface area contributed by atoms with Crippen molar-refractivity contribution in [2.24, 2.45) is 0 Å². The van der Waals surface area contributed by atoms with Crippen LogP contribution in [0.5, 0.6) is 0 Å². The van der Waals surface area contributed by atoms with Gasteiger partial charge in [-0.2, -0.15) is 0 Å². The van der Waals surface area contributed by atoms with Gasteiger partial charge < -0.3 is 5.32 Å². The Kier molecular flexibility index (Phi) is 4.74. The SMILES string of the molecule is O=C(c1ccccc1)c1cccc(NCc2ccc(Cl)cc2)c1. The largest absolute Gasteiger partial charge is 0.381 e. The number of halogens is 1. The summed E-state index contributed by atoms with van der Waals surface area (Å²) in [4.78, 5) is 12.5. The smallest absolute Gasteiger partial charge is 0.193 e. The molecule has 0 amide bonds. The Morgan fingerprint density at radius 2 is 1.52 bits per heavy atom. The van der Waals surface area contributed by atoms with E-state index in [9.17, 15) is 4.79 Å². The van der Waals surface area contributed by atoms with Crippen molar-refractivity contribution in [1.29, 1.82) is 0 Å². The fraction of sp³-hybridized carbons (Fsp3) is 0.0500. The Morgan fingerprint density at radius 3 is 2.26 bits per heavy atom. The predicted octanol–water partition coefficient (Wildman–Crippen LogP) is 5.18. The van der Waals surface area contributed by atoms with Gasteiger partial charge in [-0.1, -0.05) is 66.2 Å². The van der Waals surface area contributed by atoms with Crippen molar-refractivity contribution in [2.75, 3.05) is 5.32 Å². The Hall–Kier alpha value is -2.58. The minimum absolute atomic E-state index is 0.0285. The van der Waals surface area contributed by atoms with Gasteiger partial charge >= 0.3 is 0 Å². The fourth-order valence-electron chi connectivity index (χ4n) is 2.33. The number of carbonyl (C=O) groups excluding carboxylic acids is 1. The van der Waals surface area contributed by atoms with Gasteiger partial charge in [0.15, 0.2) is 5.78 Å². The average Bonchev–Trinajstić information content (AvgIpc) is 2.61. The van der Waals surface area contributed by atoms with E-state index < -0.39 is 0 Å². The van der Waals surface area contributed by atoms with Crippen LogP contribution in [0.15, 0.2) is 78.9 Å². The summed E-state index contributed by atoms with van der Waals surface area (Å²) in [6.45, 7) is 0.681. The predicted molar refractivity (Wildman–Crippen MR) is 95.1 cm³/mol. The summed E-state index contributed by atoms with van der Waals surface area (Å²) >= 11 is 5.88. The summed E-state index contributed by atoms with van der Waals surface area (Å²) in [5.74, 6) is 0.0285. The van der Waals surface area contributed by atoms with Crippen LogP contribution in [-0.4, -0.2) is 5.78 Å². The molecular weight excluding hydrogens is 306 g/mol. The second kappa shape index (κ2) is 7.12. The van der Waals surface area contributed by atoms with Crippen molar-refractivity contribution in [3.63, 3.8) is 0 Å². The number of hydrogen-bond acceptors (Lipinski definition) is 2. The van der Waals surface area contributed by atoms with Gasteiger partial charge in [0.05, 0.1) is 0 Å². The lowest BCUT2D eigenvalue weighted by molar-refractivity contribution is 0.103. The average molecular weight is 322 g/mol. The van der Waals surface area contributed by atoms with E-state index in [2.05, 4.69) is 5.32 Å². The molecule has 23 heavy (non-hydrogen) atoms. The second-order valence-corrected chi connectivity index (χ2v) is 5.69. The zero-order valence-electron chi connectivity index (χ0n) is 12.5. The van der Waals surface area contributed by atoms with Crippen molar-refractivity contribution in [3.8, 4) is 0 Å². The van der Waals surface area contributed by atoms with E-state index in [-0.39, 0.29) is 5.78 Å². The third-order valence-corrected chi connectivity index (χ3v) is 3.82. The molecule has 3 aromatic carbocycles. The van der Waals surface area contributed by atoms with E-state index in [1.807, 2.05) is 78.9 Å². The highest BCUT2D eigenvalue weighted by Gasteiger charge is 2.08. The van der Waals surface area contributed by atoms with Crippen LogP contribution in [-0.2, 0) is 6.54 Å². The summed E-state index contributed by atoms with van der Waals surface area (Å²) in [7, 11) is 0. The Morgan fingerprint density at radius 1 is 0.826 bits per heavy atom. The standard InChI is InChI=1S/C20H16ClNO/c21-18-11-9-15(10-12-18)14-22-19-8-4-7-17(13-19)20(23)16-5-2-1-3-6-16/h1-13,22H,14H2. The van der Waals surface area contributed by atoms with Crippen LogP contribution in [0.1, 0.15) is 21.5 Å². The highest BCUT2D eigenvalue weighted by atomic mass is 35.5. The summed E-state index contributed by atoms with van der Waals surface area (Å²) in [6, 6.07) is 24.6. The molecule has 0 aliphatic carbocycles. The van der Waals surface area contributed by atoms with Gasteiger partial charge in [0.25, 0.3) is 0 Å². The molecule has 0 radical (unpaired) electrons. The first-order valence-corrected chi connectivity index (χ1v) is 7.78. The molecule has 0 atom stereocenters. The molecule has 0 fully saturated rings. The molecule has 114 valence electrons. The summed E-state index contributed by atoms with van der Waals surface area (Å²) < 4.78 is 0. The maximum atomic E-state index is 12.5. The Balaban J connectivity index is 1.72. The molecule has 0 unspecified atom stereocenters. The summed E-state index contributed by atoms with van der Waals surface area (Å²) in [5, 5.41) is 4.06. The normalized spacial score (nSPS) is 10.3. The maximum absolute atomic E-state index is 12.5. The summed E-state index contributed by atoms with van der Waals surface area (Å²) in [6.07, 6.45) is 0. The fourth-order valence-corrected chi connectivity index (χ4v) is 2.46. The Labute approximate surface area is 140 Å². The highest BCUT2D eigenvalue weighted by Crippen LogP contribution is 2.16. The molecule has 3 heteroatoms. The van der Waals surface area contributed by atoms with Crippen LogP contribution in [0.2, 0.25) is 5.02 Å². The summed E-state index contributed by atoms with van der Waals surface area (Å²) in [5.41, 5.74) is 3.43. The van der Waals surface area contributed by atoms with E-state index in [1.165, 1.54) is 0 Å². The van der Waals surface area contributed by atoms with Crippen LogP contribution in [0.3, 0.4) is 0 Å². The first-order chi connectivity index (χ1) is 11.2. The molecular formula is C20H16ClNO. The van der Waals surface area contributed by atoms with Crippen LogP contribution in [0.25, 0.3) is 0 Å². The minimum Gasteiger partial charge on any atom is -0.381 e.